The normalized spacial score (nSPS) is 13.8. The second-order valence-electron chi connectivity index (χ2n) is 2.91. The van der Waals surface area contributed by atoms with Gasteiger partial charge in [0.15, 0.2) is 0 Å². The summed E-state index contributed by atoms with van der Waals surface area (Å²) in [6.07, 6.45) is 0. The van der Waals surface area contributed by atoms with E-state index in [-0.39, 0.29) is 5.75 Å². The second kappa shape index (κ2) is 4.53. The van der Waals surface area contributed by atoms with Crippen LogP contribution in [-0.2, 0) is 0 Å². The van der Waals surface area contributed by atoms with Gasteiger partial charge in [-0.3, -0.25) is 25.3 Å². The molecule has 8 heteroatoms. The van der Waals surface area contributed by atoms with Crippen LogP contribution in [0.15, 0.2) is 30.3 Å². The first kappa shape index (κ1) is 11.9. The van der Waals surface area contributed by atoms with Crippen molar-refractivity contribution in [2.75, 3.05) is 6.54 Å². The molecule has 1 unspecified atom stereocenters. The van der Waals surface area contributed by atoms with E-state index in [0.29, 0.717) is 0 Å². The third-order valence-corrected chi connectivity index (χ3v) is 1.64. The molecule has 0 radical (unpaired) electrons. The van der Waals surface area contributed by atoms with Crippen LogP contribution in [0.1, 0.15) is 0 Å². The molecule has 1 aromatic rings. The number of benzene rings is 1. The van der Waals surface area contributed by atoms with Crippen molar-refractivity contribution < 1.29 is 19.7 Å². The molecule has 16 heavy (non-hydrogen) atoms. The molecule has 1 N–H and O–H groups in total. The zero-order valence-electron chi connectivity index (χ0n) is 7.98. The highest BCUT2D eigenvalue weighted by molar-refractivity contribution is 5.21. The number of aliphatic hydroxyl groups is 1. The van der Waals surface area contributed by atoms with Crippen molar-refractivity contribution in [3.63, 3.8) is 0 Å². The second-order valence-corrected chi connectivity index (χ2v) is 2.91. The van der Waals surface area contributed by atoms with E-state index in [4.69, 9.17) is 0 Å². The predicted octanol–water partition coefficient (Wildman–Crippen LogP) is 0.265. The summed E-state index contributed by atoms with van der Waals surface area (Å²) in [6.45, 7) is -1.34. The minimum Gasteiger partial charge on any atom is -0.401 e. The lowest BCUT2D eigenvalue weighted by Crippen LogP contribution is -2.50. The van der Waals surface area contributed by atoms with E-state index >= 15 is 0 Å². The summed E-state index contributed by atoms with van der Waals surface area (Å²) in [7, 11) is 0. The Balaban J connectivity index is 2.87. The molecule has 0 aliphatic heterocycles. The van der Waals surface area contributed by atoms with E-state index in [1.165, 1.54) is 24.3 Å². The van der Waals surface area contributed by atoms with Gasteiger partial charge in [0.25, 0.3) is 0 Å². The molecule has 0 bridgehead atoms. The molecule has 0 amide bonds. The number of ether oxygens (including phenoxy) is 1. The van der Waals surface area contributed by atoms with Crippen LogP contribution < -0.4 is 4.74 Å². The zero-order chi connectivity index (χ0) is 12.2. The lowest BCUT2D eigenvalue weighted by Gasteiger charge is -2.15. The molecule has 0 fully saturated rings. The van der Waals surface area contributed by atoms with Gasteiger partial charge in [-0.25, -0.2) is 0 Å². The zero-order valence-corrected chi connectivity index (χ0v) is 7.98. The monoisotopic (exact) mass is 228 g/mol. The van der Waals surface area contributed by atoms with Crippen LogP contribution in [-0.4, -0.2) is 27.4 Å². The van der Waals surface area contributed by atoms with E-state index in [9.17, 15) is 25.3 Å². The Bertz CT molecular complexity index is 395. The first-order valence-electron chi connectivity index (χ1n) is 4.17. The third-order valence-electron chi connectivity index (χ3n) is 1.64. The van der Waals surface area contributed by atoms with Crippen molar-refractivity contribution in [3.05, 3.63) is 50.6 Å². The van der Waals surface area contributed by atoms with Gasteiger partial charge in [-0.15, -0.1) is 0 Å². The van der Waals surface area contributed by atoms with E-state index in [2.05, 4.69) is 4.74 Å². The quantitative estimate of drug-likeness (QED) is 0.439. The van der Waals surface area contributed by atoms with E-state index in [0.717, 1.165) is 0 Å². The Morgan fingerprint density at radius 1 is 1.25 bits per heavy atom. The highest BCUT2D eigenvalue weighted by Crippen LogP contribution is 2.17. The standard InChI is InChI=1S/C8H8N2O6/c11-8(10(14)15,6-9(12)13)16-7-4-2-1-3-5-7/h1-5,11H,6H2. The maximum atomic E-state index is 10.5. The number of nitrogens with zero attached hydrogens (tertiary/aromatic N) is 2. The molecular weight excluding hydrogens is 220 g/mol. The highest BCUT2D eigenvalue weighted by atomic mass is 16.8. The van der Waals surface area contributed by atoms with Crippen LogP contribution in [0.3, 0.4) is 0 Å². The maximum absolute atomic E-state index is 10.5. The maximum Gasteiger partial charge on any atom is 0.547 e. The average molecular weight is 228 g/mol. The molecule has 1 aromatic carbocycles. The van der Waals surface area contributed by atoms with Gasteiger partial charge >= 0.3 is 12.5 Å². The third kappa shape index (κ3) is 2.89. The molecule has 0 aliphatic carbocycles. The molecule has 0 aromatic heterocycles. The predicted molar refractivity (Wildman–Crippen MR) is 50.9 cm³/mol. The summed E-state index contributed by atoms with van der Waals surface area (Å²) in [5, 5.41) is 30.0. The SMILES string of the molecule is O=[N+]([O-])CC(O)(Oc1ccccc1)[N+](=O)[O-]. The van der Waals surface area contributed by atoms with Crippen LogP contribution in [0.25, 0.3) is 0 Å². The summed E-state index contributed by atoms with van der Waals surface area (Å²) in [5.41, 5.74) is 0. The topological polar surface area (TPSA) is 116 Å². The van der Waals surface area contributed by atoms with Crippen molar-refractivity contribution in [1.29, 1.82) is 0 Å². The molecule has 8 nitrogen and oxygen atoms in total. The number of rotatable bonds is 5. The molecule has 86 valence electrons. The van der Waals surface area contributed by atoms with E-state index in [1.54, 1.807) is 6.07 Å². The largest absolute Gasteiger partial charge is 0.547 e. The van der Waals surface area contributed by atoms with Crippen molar-refractivity contribution in [3.8, 4) is 5.75 Å². The summed E-state index contributed by atoms with van der Waals surface area (Å²) >= 11 is 0. The Hall–Kier alpha value is -2.22. The van der Waals surface area contributed by atoms with E-state index in [1.807, 2.05) is 0 Å². The van der Waals surface area contributed by atoms with Gasteiger partial charge in [0.2, 0.25) is 0 Å². The summed E-state index contributed by atoms with van der Waals surface area (Å²) < 4.78 is 4.59. The lowest BCUT2D eigenvalue weighted by molar-refractivity contribution is -0.714. The molecule has 0 saturated carbocycles. The fourth-order valence-corrected chi connectivity index (χ4v) is 0.973. The number of hydrogen-bond acceptors (Lipinski definition) is 6. The van der Waals surface area contributed by atoms with Crippen molar-refractivity contribution in [1.82, 2.24) is 0 Å². The smallest absolute Gasteiger partial charge is 0.401 e. The Morgan fingerprint density at radius 2 is 1.81 bits per heavy atom. The summed E-state index contributed by atoms with van der Waals surface area (Å²) in [4.78, 5) is 18.4. The van der Waals surface area contributed by atoms with Crippen LogP contribution in [0, 0.1) is 20.2 Å². The number of para-hydroxylation sites is 1. The molecule has 0 heterocycles. The van der Waals surface area contributed by atoms with Crippen molar-refractivity contribution in [2.24, 2.45) is 0 Å². The van der Waals surface area contributed by atoms with Crippen LogP contribution in [0.4, 0.5) is 0 Å². The fourth-order valence-electron chi connectivity index (χ4n) is 0.973. The van der Waals surface area contributed by atoms with E-state index < -0.39 is 22.3 Å². The molecule has 1 rings (SSSR count). The van der Waals surface area contributed by atoms with Gasteiger partial charge in [-0.05, 0) is 12.1 Å². The fraction of sp³-hybridized carbons (Fsp3) is 0.250. The van der Waals surface area contributed by atoms with Gasteiger partial charge in [-0.1, -0.05) is 18.2 Å². The van der Waals surface area contributed by atoms with Crippen LogP contribution in [0.2, 0.25) is 0 Å². The first-order valence-corrected chi connectivity index (χ1v) is 4.17. The van der Waals surface area contributed by atoms with Gasteiger partial charge in [0.1, 0.15) is 10.7 Å². The van der Waals surface area contributed by atoms with Crippen molar-refractivity contribution in [2.45, 2.75) is 5.91 Å². The van der Waals surface area contributed by atoms with Crippen LogP contribution >= 0.6 is 0 Å². The Labute approximate surface area is 89.4 Å². The minimum atomic E-state index is -3.05. The highest BCUT2D eigenvalue weighted by Gasteiger charge is 2.50. The molecule has 0 saturated heterocycles. The molecular formula is C8H8N2O6. The average Bonchev–Trinajstić information content (AvgIpc) is 2.17. The minimum absolute atomic E-state index is 0.0245. The number of hydrogen-bond donors (Lipinski definition) is 1. The number of nitro groups is 2. The molecule has 0 aliphatic rings. The van der Waals surface area contributed by atoms with Crippen molar-refractivity contribution >= 4 is 0 Å². The Kier molecular flexibility index (Phi) is 3.36. The molecule has 0 spiro atoms. The lowest BCUT2D eigenvalue weighted by atomic mass is 10.3. The molecule has 1 atom stereocenters. The summed E-state index contributed by atoms with van der Waals surface area (Å²) in [5.74, 6) is -3.08. The van der Waals surface area contributed by atoms with Crippen LogP contribution in [0.5, 0.6) is 5.75 Å². The van der Waals surface area contributed by atoms with Gasteiger partial charge in [-0.2, -0.15) is 0 Å². The summed E-state index contributed by atoms with van der Waals surface area (Å²) in [6, 6.07) is 7.35. The van der Waals surface area contributed by atoms with Gasteiger partial charge < -0.3 is 4.74 Å². The van der Waals surface area contributed by atoms with Gasteiger partial charge in [0, 0.05) is 4.92 Å². The van der Waals surface area contributed by atoms with Gasteiger partial charge in [0.05, 0.1) is 0 Å². The first-order chi connectivity index (χ1) is 7.44. The Morgan fingerprint density at radius 3 is 2.25 bits per heavy atom.